The number of alkyl halides is 3. The molecule has 1 heterocycles. The predicted molar refractivity (Wildman–Crippen MR) is 58.9 cm³/mol. The molecule has 4 N–H and O–H groups in total. The fourth-order valence-corrected chi connectivity index (χ4v) is 1.99. The number of amides is 2. The van der Waals surface area contributed by atoms with E-state index in [4.69, 9.17) is 5.84 Å². The van der Waals surface area contributed by atoms with Crippen LogP contribution in [0, 0.1) is 0 Å². The van der Waals surface area contributed by atoms with Crippen LogP contribution in [0.3, 0.4) is 0 Å². The average molecular weight is 298 g/mol. The summed E-state index contributed by atoms with van der Waals surface area (Å²) in [6, 6.07) is 0. The second kappa shape index (κ2) is 5.84. The van der Waals surface area contributed by atoms with E-state index in [-0.39, 0.29) is 10.0 Å². The van der Waals surface area contributed by atoms with Crippen LogP contribution in [0.25, 0.3) is 0 Å². The normalized spacial score (nSPS) is 11.0. The van der Waals surface area contributed by atoms with Crippen molar-refractivity contribution in [2.75, 3.05) is 5.32 Å². The number of nitrogens with zero attached hydrogens (tertiary/aromatic N) is 1. The summed E-state index contributed by atoms with van der Waals surface area (Å²) in [5, 5.41) is 1.90. The van der Waals surface area contributed by atoms with Crippen molar-refractivity contribution in [2.24, 2.45) is 5.84 Å². The Kier molecular flexibility index (Phi) is 4.67. The van der Waals surface area contributed by atoms with Gasteiger partial charge < -0.3 is 10.1 Å². The molecule has 0 aliphatic carbocycles. The standard InChI is InChI=1S/C8H9F3N4O3S/c1-3(16)13-6-14-5(8(9,10)11)4(19-6)2-18-7(17)15-12/h2,12H2,1H3,(H,15,17)(H,13,14,16). The first-order valence-corrected chi connectivity index (χ1v) is 5.53. The minimum atomic E-state index is -4.72. The summed E-state index contributed by atoms with van der Waals surface area (Å²) in [6.45, 7) is 0.474. The third-order valence-electron chi connectivity index (χ3n) is 1.70. The Balaban J connectivity index is 2.96. The number of ether oxygens (including phenoxy) is 1. The van der Waals surface area contributed by atoms with Crippen molar-refractivity contribution in [3.8, 4) is 0 Å². The number of aromatic nitrogens is 1. The lowest BCUT2D eigenvalue weighted by atomic mass is 10.3. The van der Waals surface area contributed by atoms with Crippen LogP contribution >= 0.6 is 11.3 Å². The molecular formula is C8H9F3N4O3S. The lowest BCUT2D eigenvalue weighted by molar-refractivity contribution is -0.141. The zero-order valence-corrected chi connectivity index (χ0v) is 10.3. The smallest absolute Gasteiger partial charge is 0.434 e. The van der Waals surface area contributed by atoms with E-state index in [1.165, 1.54) is 0 Å². The van der Waals surface area contributed by atoms with Crippen LogP contribution in [-0.4, -0.2) is 17.0 Å². The average Bonchev–Trinajstić information content (AvgIpc) is 2.67. The summed E-state index contributed by atoms with van der Waals surface area (Å²) >= 11 is 0.558. The summed E-state index contributed by atoms with van der Waals surface area (Å²) in [5.41, 5.74) is 0.388. The number of nitrogens with one attached hydrogen (secondary N) is 2. The molecule has 11 heteroatoms. The number of anilines is 1. The van der Waals surface area contributed by atoms with Crippen molar-refractivity contribution in [1.82, 2.24) is 10.4 Å². The number of hydrazine groups is 1. The number of thiazole rings is 1. The molecule has 0 spiro atoms. The number of hydrogen-bond acceptors (Lipinski definition) is 6. The largest absolute Gasteiger partial charge is 0.443 e. The van der Waals surface area contributed by atoms with Crippen molar-refractivity contribution in [3.63, 3.8) is 0 Å². The number of nitrogens with two attached hydrogens (primary N) is 1. The molecule has 0 aliphatic rings. The summed E-state index contributed by atoms with van der Waals surface area (Å²) in [7, 11) is 0. The van der Waals surface area contributed by atoms with Crippen LogP contribution in [-0.2, 0) is 22.3 Å². The van der Waals surface area contributed by atoms with Gasteiger partial charge in [0.1, 0.15) is 6.61 Å². The maximum atomic E-state index is 12.7. The van der Waals surface area contributed by atoms with Gasteiger partial charge >= 0.3 is 12.3 Å². The van der Waals surface area contributed by atoms with Crippen LogP contribution in [0.1, 0.15) is 17.5 Å². The van der Waals surface area contributed by atoms with Gasteiger partial charge in [0.15, 0.2) is 10.8 Å². The lowest BCUT2D eigenvalue weighted by Crippen LogP contribution is -2.30. The molecule has 1 aromatic heterocycles. The van der Waals surface area contributed by atoms with Crippen LogP contribution in [0.15, 0.2) is 0 Å². The molecule has 106 valence electrons. The number of rotatable bonds is 3. The summed E-state index contributed by atoms with van der Waals surface area (Å²) < 4.78 is 42.4. The highest BCUT2D eigenvalue weighted by Gasteiger charge is 2.38. The molecule has 0 aromatic carbocycles. The third kappa shape index (κ3) is 4.37. The third-order valence-corrected chi connectivity index (χ3v) is 2.65. The SMILES string of the molecule is CC(=O)Nc1nc(C(F)(F)F)c(COC(=O)NN)s1. The molecule has 1 rings (SSSR count). The van der Waals surface area contributed by atoms with Crippen molar-refractivity contribution in [3.05, 3.63) is 10.6 Å². The van der Waals surface area contributed by atoms with E-state index in [2.05, 4.69) is 15.0 Å². The van der Waals surface area contributed by atoms with Gasteiger partial charge in [0, 0.05) is 6.92 Å². The molecule has 0 bridgehead atoms. The van der Waals surface area contributed by atoms with Gasteiger partial charge in [-0.05, 0) is 0 Å². The van der Waals surface area contributed by atoms with Crippen molar-refractivity contribution in [2.45, 2.75) is 19.7 Å². The van der Waals surface area contributed by atoms with Gasteiger partial charge in [-0.2, -0.15) is 13.2 Å². The molecule has 1 aromatic rings. The van der Waals surface area contributed by atoms with Crippen molar-refractivity contribution < 1.29 is 27.5 Å². The van der Waals surface area contributed by atoms with Gasteiger partial charge in [0.25, 0.3) is 0 Å². The van der Waals surface area contributed by atoms with Gasteiger partial charge in [0.2, 0.25) is 5.91 Å². The molecule has 19 heavy (non-hydrogen) atoms. The maximum Gasteiger partial charge on any atom is 0.434 e. The summed E-state index contributed by atoms with van der Waals surface area (Å²) in [5.74, 6) is 4.15. The molecule has 0 unspecified atom stereocenters. The van der Waals surface area contributed by atoms with E-state index in [0.717, 1.165) is 6.92 Å². The summed E-state index contributed by atoms with van der Waals surface area (Å²) in [4.78, 5) is 24.4. The maximum absolute atomic E-state index is 12.7. The van der Waals surface area contributed by atoms with Crippen LogP contribution in [0.4, 0.5) is 23.1 Å². The van der Waals surface area contributed by atoms with Gasteiger partial charge in [0.05, 0.1) is 4.88 Å². The number of carbonyl (C=O) groups excluding carboxylic acids is 2. The molecule has 0 saturated heterocycles. The lowest BCUT2D eigenvalue weighted by Gasteiger charge is -2.06. The molecule has 0 saturated carbocycles. The predicted octanol–water partition coefficient (Wildman–Crippen LogP) is 1.22. The van der Waals surface area contributed by atoms with Gasteiger partial charge in [-0.15, -0.1) is 0 Å². The number of carbonyl (C=O) groups is 2. The molecule has 0 radical (unpaired) electrons. The van der Waals surface area contributed by atoms with Crippen molar-refractivity contribution >= 4 is 28.5 Å². The quantitative estimate of drug-likeness (QED) is 0.442. The zero-order valence-electron chi connectivity index (χ0n) is 9.50. The molecule has 0 aliphatic heterocycles. The minimum absolute atomic E-state index is 0.230. The Hall–Kier alpha value is -1.88. The van der Waals surface area contributed by atoms with E-state index >= 15 is 0 Å². The van der Waals surface area contributed by atoms with Crippen molar-refractivity contribution in [1.29, 1.82) is 0 Å². The minimum Gasteiger partial charge on any atom is -0.443 e. The molecule has 7 nitrogen and oxygen atoms in total. The Bertz CT molecular complexity index is 488. The van der Waals surface area contributed by atoms with Gasteiger partial charge in [-0.25, -0.2) is 15.6 Å². The number of hydrogen-bond donors (Lipinski definition) is 3. The van der Waals surface area contributed by atoms with Gasteiger partial charge in [-0.1, -0.05) is 11.3 Å². The van der Waals surface area contributed by atoms with E-state index in [9.17, 15) is 22.8 Å². The highest BCUT2D eigenvalue weighted by atomic mass is 32.1. The fraction of sp³-hybridized carbons (Fsp3) is 0.375. The van der Waals surface area contributed by atoms with E-state index in [1.807, 2.05) is 0 Å². The fourth-order valence-electron chi connectivity index (χ4n) is 1.05. The Labute approximate surface area is 108 Å². The number of halogens is 3. The van der Waals surface area contributed by atoms with Gasteiger partial charge in [-0.3, -0.25) is 10.2 Å². The first-order valence-electron chi connectivity index (χ1n) is 4.72. The second-order valence-electron chi connectivity index (χ2n) is 3.19. The van der Waals surface area contributed by atoms with Crippen LogP contribution < -0.4 is 16.6 Å². The molecule has 0 atom stereocenters. The van der Waals surface area contributed by atoms with Crippen LogP contribution in [0.2, 0.25) is 0 Å². The second-order valence-corrected chi connectivity index (χ2v) is 4.27. The Morgan fingerprint density at radius 1 is 1.47 bits per heavy atom. The first-order chi connectivity index (χ1) is 8.74. The Morgan fingerprint density at radius 3 is 2.58 bits per heavy atom. The van der Waals surface area contributed by atoms with E-state index in [1.54, 1.807) is 5.43 Å². The highest BCUT2D eigenvalue weighted by molar-refractivity contribution is 7.15. The zero-order chi connectivity index (χ0) is 14.6. The van der Waals surface area contributed by atoms with E-state index in [0.29, 0.717) is 11.3 Å². The van der Waals surface area contributed by atoms with Crippen LogP contribution in [0.5, 0.6) is 0 Å². The molecule has 2 amide bonds. The summed E-state index contributed by atoms with van der Waals surface area (Å²) in [6.07, 6.45) is -5.80. The molecular weight excluding hydrogens is 289 g/mol. The Morgan fingerprint density at radius 2 is 2.11 bits per heavy atom. The topological polar surface area (TPSA) is 106 Å². The first kappa shape index (κ1) is 15.2. The van der Waals surface area contributed by atoms with E-state index < -0.39 is 30.5 Å². The monoisotopic (exact) mass is 298 g/mol. The molecule has 0 fully saturated rings. The highest BCUT2D eigenvalue weighted by Crippen LogP contribution is 2.36.